The van der Waals surface area contributed by atoms with Gasteiger partial charge in [0.1, 0.15) is 0 Å². The van der Waals surface area contributed by atoms with Crippen molar-refractivity contribution in [1.82, 2.24) is 10.6 Å². The molecule has 0 aliphatic carbocycles. The van der Waals surface area contributed by atoms with Gasteiger partial charge in [-0.1, -0.05) is 17.7 Å². The molecule has 1 fully saturated rings. The minimum absolute atomic E-state index is 0.0689. The number of aryl methyl sites for hydroxylation is 2. The lowest BCUT2D eigenvalue weighted by Gasteiger charge is -2.17. The van der Waals surface area contributed by atoms with Crippen LogP contribution in [0.4, 0.5) is 0 Å². The van der Waals surface area contributed by atoms with E-state index in [1.54, 1.807) is 0 Å². The van der Waals surface area contributed by atoms with Crippen LogP contribution in [0.25, 0.3) is 0 Å². The highest BCUT2D eigenvalue weighted by Crippen LogP contribution is 2.12. The lowest BCUT2D eigenvalue weighted by molar-refractivity contribution is 0.0933. The summed E-state index contributed by atoms with van der Waals surface area (Å²) in [7, 11) is 0. The van der Waals surface area contributed by atoms with Crippen molar-refractivity contribution in [1.29, 1.82) is 0 Å². The van der Waals surface area contributed by atoms with Gasteiger partial charge in [-0.05, 0) is 57.8 Å². The third kappa shape index (κ3) is 3.33. The molecule has 1 heterocycles. The number of hydrogen-bond donors (Lipinski definition) is 2. The van der Waals surface area contributed by atoms with Crippen molar-refractivity contribution in [3.05, 3.63) is 34.9 Å². The zero-order valence-corrected chi connectivity index (χ0v) is 11.3. The van der Waals surface area contributed by atoms with Crippen LogP contribution in [-0.4, -0.2) is 25.0 Å². The summed E-state index contributed by atoms with van der Waals surface area (Å²) in [6.45, 7) is 6.11. The standard InChI is InChI=1S/C15H22N2O/c1-11-5-6-14(12(2)10-11)15(18)17-13-4-3-8-16-9-7-13/h5-6,10,13,16H,3-4,7-9H2,1-2H3,(H,17,18). The summed E-state index contributed by atoms with van der Waals surface area (Å²) in [4.78, 5) is 12.2. The number of hydrogen-bond acceptors (Lipinski definition) is 2. The van der Waals surface area contributed by atoms with Crippen molar-refractivity contribution in [3.63, 3.8) is 0 Å². The maximum Gasteiger partial charge on any atom is 0.251 e. The molecule has 0 spiro atoms. The molecular formula is C15H22N2O. The Hall–Kier alpha value is -1.35. The topological polar surface area (TPSA) is 41.1 Å². The molecule has 1 aliphatic heterocycles. The monoisotopic (exact) mass is 246 g/mol. The van der Waals surface area contributed by atoms with E-state index in [9.17, 15) is 4.79 Å². The Bertz CT molecular complexity index is 421. The van der Waals surface area contributed by atoms with E-state index in [0.717, 1.165) is 43.5 Å². The molecule has 1 unspecified atom stereocenters. The summed E-state index contributed by atoms with van der Waals surface area (Å²) < 4.78 is 0. The van der Waals surface area contributed by atoms with Gasteiger partial charge in [0.2, 0.25) is 0 Å². The predicted octanol–water partition coefficient (Wildman–Crippen LogP) is 2.18. The Morgan fingerprint density at radius 3 is 2.89 bits per heavy atom. The highest BCUT2D eigenvalue weighted by molar-refractivity contribution is 5.95. The average Bonchev–Trinajstić information content (AvgIpc) is 2.57. The van der Waals surface area contributed by atoms with Crippen molar-refractivity contribution < 1.29 is 4.79 Å². The molecule has 1 aliphatic rings. The number of nitrogens with one attached hydrogen (secondary N) is 2. The van der Waals surface area contributed by atoms with Gasteiger partial charge in [-0.3, -0.25) is 4.79 Å². The number of rotatable bonds is 2. The summed E-state index contributed by atoms with van der Waals surface area (Å²) in [5.74, 6) is 0.0689. The van der Waals surface area contributed by atoms with E-state index in [2.05, 4.69) is 16.7 Å². The van der Waals surface area contributed by atoms with Crippen LogP contribution in [0, 0.1) is 13.8 Å². The van der Waals surface area contributed by atoms with Crippen molar-refractivity contribution in [2.45, 2.75) is 39.2 Å². The molecular weight excluding hydrogens is 224 g/mol. The molecule has 18 heavy (non-hydrogen) atoms. The molecule has 98 valence electrons. The molecule has 2 N–H and O–H groups in total. The minimum Gasteiger partial charge on any atom is -0.349 e. The first-order valence-electron chi connectivity index (χ1n) is 6.75. The lowest BCUT2D eigenvalue weighted by atomic mass is 10.0. The second kappa shape index (κ2) is 6.01. The highest BCUT2D eigenvalue weighted by Gasteiger charge is 2.16. The molecule has 0 bridgehead atoms. The van der Waals surface area contributed by atoms with E-state index < -0.39 is 0 Å². The Morgan fingerprint density at radius 1 is 1.28 bits per heavy atom. The largest absolute Gasteiger partial charge is 0.349 e. The van der Waals surface area contributed by atoms with Crippen molar-refractivity contribution >= 4 is 5.91 Å². The molecule has 1 aromatic rings. The molecule has 0 radical (unpaired) electrons. The van der Waals surface area contributed by atoms with Crippen molar-refractivity contribution in [2.75, 3.05) is 13.1 Å². The summed E-state index contributed by atoms with van der Waals surface area (Å²) in [6.07, 6.45) is 3.23. The van der Waals surface area contributed by atoms with Gasteiger partial charge in [-0.15, -0.1) is 0 Å². The number of carbonyl (C=O) groups excluding carboxylic acids is 1. The van der Waals surface area contributed by atoms with Gasteiger partial charge in [-0.2, -0.15) is 0 Å². The summed E-state index contributed by atoms with van der Waals surface area (Å²) in [5, 5.41) is 6.51. The first-order valence-corrected chi connectivity index (χ1v) is 6.75. The van der Waals surface area contributed by atoms with Gasteiger partial charge in [0.15, 0.2) is 0 Å². The first kappa shape index (κ1) is 13.1. The van der Waals surface area contributed by atoms with Crippen LogP contribution < -0.4 is 10.6 Å². The zero-order valence-electron chi connectivity index (χ0n) is 11.3. The van der Waals surface area contributed by atoms with Crippen LogP contribution >= 0.6 is 0 Å². The normalized spacial score (nSPS) is 20.2. The number of amides is 1. The van der Waals surface area contributed by atoms with Gasteiger partial charge in [0, 0.05) is 11.6 Å². The quantitative estimate of drug-likeness (QED) is 0.839. The average molecular weight is 246 g/mol. The van der Waals surface area contributed by atoms with Crippen LogP contribution in [0.2, 0.25) is 0 Å². The van der Waals surface area contributed by atoms with Crippen LogP contribution in [0.15, 0.2) is 18.2 Å². The van der Waals surface area contributed by atoms with E-state index >= 15 is 0 Å². The van der Waals surface area contributed by atoms with E-state index in [-0.39, 0.29) is 5.91 Å². The highest BCUT2D eigenvalue weighted by atomic mass is 16.1. The number of carbonyl (C=O) groups is 1. The van der Waals surface area contributed by atoms with Crippen LogP contribution in [0.3, 0.4) is 0 Å². The Balaban J connectivity index is 2.02. The summed E-state index contributed by atoms with van der Waals surface area (Å²) in [6, 6.07) is 6.29. The summed E-state index contributed by atoms with van der Waals surface area (Å²) in [5.41, 5.74) is 3.06. The first-order chi connectivity index (χ1) is 8.66. The molecule has 1 aromatic carbocycles. The molecule has 0 aromatic heterocycles. The summed E-state index contributed by atoms with van der Waals surface area (Å²) >= 11 is 0. The molecule has 3 nitrogen and oxygen atoms in total. The van der Waals surface area contributed by atoms with E-state index in [1.165, 1.54) is 5.56 Å². The fourth-order valence-electron chi connectivity index (χ4n) is 2.49. The smallest absolute Gasteiger partial charge is 0.251 e. The SMILES string of the molecule is Cc1ccc(C(=O)NC2CCCNCC2)c(C)c1. The Kier molecular flexibility index (Phi) is 4.37. The molecule has 2 rings (SSSR count). The molecule has 1 amide bonds. The van der Waals surface area contributed by atoms with E-state index in [4.69, 9.17) is 0 Å². The fraction of sp³-hybridized carbons (Fsp3) is 0.533. The molecule has 0 saturated carbocycles. The Morgan fingerprint density at radius 2 is 2.11 bits per heavy atom. The van der Waals surface area contributed by atoms with Gasteiger partial charge in [0.25, 0.3) is 5.91 Å². The van der Waals surface area contributed by atoms with Gasteiger partial charge in [-0.25, -0.2) is 0 Å². The third-order valence-corrected chi connectivity index (χ3v) is 3.54. The van der Waals surface area contributed by atoms with Gasteiger partial charge < -0.3 is 10.6 Å². The molecule has 1 atom stereocenters. The zero-order chi connectivity index (χ0) is 13.0. The fourth-order valence-corrected chi connectivity index (χ4v) is 2.49. The van der Waals surface area contributed by atoms with Crippen LogP contribution in [0.5, 0.6) is 0 Å². The maximum absolute atomic E-state index is 12.2. The number of benzene rings is 1. The maximum atomic E-state index is 12.2. The predicted molar refractivity (Wildman–Crippen MR) is 73.9 cm³/mol. The minimum atomic E-state index is 0.0689. The van der Waals surface area contributed by atoms with Gasteiger partial charge in [0.05, 0.1) is 0 Å². The molecule has 3 heteroatoms. The van der Waals surface area contributed by atoms with Crippen LogP contribution in [-0.2, 0) is 0 Å². The third-order valence-electron chi connectivity index (χ3n) is 3.54. The lowest BCUT2D eigenvalue weighted by Crippen LogP contribution is -2.35. The Labute approximate surface area is 109 Å². The molecule has 1 saturated heterocycles. The van der Waals surface area contributed by atoms with Crippen LogP contribution in [0.1, 0.15) is 40.7 Å². The van der Waals surface area contributed by atoms with E-state index in [1.807, 2.05) is 26.0 Å². The van der Waals surface area contributed by atoms with Crippen molar-refractivity contribution in [3.8, 4) is 0 Å². The second-order valence-corrected chi connectivity index (χ2v) is 5.17. The second-order valence-electron chi connectivity index (χ2n) is 5.17. The van der Waals surface area contributed by atoms with Gasteiger partial charge >= 0.3 is 0 Å². The van der Waals surface area contributed by atoms with Crippen molar-refractivity contribution in [2.24, 2.45) is 0 Å². The van der Waals surface area contributed by atoms with E-state index in [0.29, 0.717) is 6.04 Å².